The van der Waals surface area contributed by atoms with Gasteiger partial charge in [0.05, 0.1) is 5.25 Å². The zero-order valence-corrected chi connectivity index (χ0v) is 13.9. The molecule has 2 N–H and O–H groups in total. The van der Waals surface area contributed by atoms with Gasteiger partial charge >= 0.3 is 0 Å². The van der Waals surface area contributed by atoms with Crippen LogP contribution in [0.15, 0.2) is 40.3 Å². The van der Waals surface area contributed by atoms with Gasteiger partial charge in [0.15, 0.2) is 10.9 Å². The SMILES string of the molecule is CC(=O)c1ccc(NC(=O)[C@H](C)Sc2nc(C)cc(=O)[nH]2)cc1. The number of anilines is 1. The number of hydrogen-bond donors (Lipinski definition) is 2. The topological polar surface area (TPSA) is 91.9 Å². The molecule has 1 aromatic carbocycles. The highest BCUT2D eigenvalue weighted by Crippen LogP contribution is 2.20. The van der Waals surface area contributed by atoms with Gasteiger partial charge < -0.3 is 10.3 Å². The van der Waals surface area contributed by atoms with Crippen LogP contribution in [-0.4, -0.2) is 26.9 Å². The van der Waals surface area contributed by atoms with Gasteiger partial charge in [-0.15, -0.1) is 0 Å². The van der Waals surface area contributed by atoms with Crippen LogP contribution in [0.3, 0.4) is 0 Å². The number of hydrogen-bond acceptors (Lipinski definition) is 5. The molecule has 120 valence electrons. The number of carbonyl (C=O) groups excluding carboxylic acids is 2. The number of rotatable bonds is 5. The summed E-state index contributed by atoms with van der Waals surface area (Å²) in [5.74, 6) is -0.240. The van der Waals surface area contributed by atoms with Gasteiger partial charge in [-0.2, -0.15) is 0 Å². The zero-order chi connectivity index (χ0) is 17.0. The minimum atomic E-state index is -0.438. The lowest BCUT2D eigenvalue weighted by Gasteiger charge is -2.11. The van der Waals surface area contributed by atoms with Crippen LogP contribution in [0.5, 0.6) is 0 Å². The van der Waals surface area contributed by atoms with Gasteiger partial charge in [0.25, 0.3) is 5.56 Å². The fraction of sp³-hybridized carbons (Fsp3) is 0.250. The summed E-state index contributed by atoms with van der Waals surface area (Å²) in [5.41, 5.74) is 1.56. The minimum Gasteiger partial charge on any atom is -0.325 e. The molecular formula is C16H17N3O3S. The van der Waals surface area contributed by atoms with Crippen molar-refractivity contribution in [2.75, 3.05) is 5.32 Å². The molecule has 0 aliphatic carbocycles. The molecule has 0 aliphatic rings. The molecule has 1 heterocycles. The number of aromatic amines is 1. The van der Waals surface area contributed by atoms with E-state index in [2.05, 4.69) is 15.3 Å². The summed E-state index contributed by atoms with van der Waals surface area (Å²) in [6, 6.07) is 8.08. The van der Waals surface area contributed by atoms with Gasteiger partial charge in [0, 0.05) is 23.0 Å². The number of amides is 1. The number of nitrogens with zero attached hydrogens (tertiary/aromatic N) is 1. The van der Waals surface area contributed by atoms with Crippen molar-refractivity contribution in [3.63, 3.8) is 0 Å². The summed E-state index contributed by atoms with van der Waals surface area (Å²) in [7, 11) is 0. The first-order valence-corrected chi connectivity index (χ1v) is 7.89. The molecule has 0 fully saturated rings. The van der Waals surface area contributed by atoms with Crippen LogP contribution in [-0.2, 0) is 4.79 Å². The zero-order valence-electron chi connectivity index (χ0n) is 13.0. The van der Waals surface area contributed by atoms with Crippen molar-refractivity contribution < 1.29 is 9.59 Å². The lowest BCUT2D eigenvalue weighted by atomic mass is 10.1. The second kappa shape index (κ2) is 7.23. The van der Waals surface area contributed by atoms with Gasteiger partial charge in [0.1, 0.15) is 0 Å². The van der Waals surface area contributed by atoms with Crippen LogP contribution in [0.4, 0.5) is 5.69 Å². The van der Waals surface area contributed by atoms with Crippen LogP contribution in [0, 0.1) is 6.92 Å². The van der Waals surface area contributed by atoms with E-state index in [0.29, 0.717) is 22.1 Å². The standard InChI is InChI=1S/C16H17N3O3S/c1-9-8-14(21)19-16(17-9)23-11(3)15(22)18-13-6-4-12(5-7-13)10(2)20/h4-8,11H,1-3H3,(H,18,22)(H,17,19,21)/t11-/m0/s1. The Morgan fingerprint density at radius 2 is 1.91 bits per heavy atom. The average molecular weight is 331 g/mol. The van der Waals surface area contributed by atoms with Crippen LogP contribution in [0.1, 0.15) is 29.9 Å². The van der Waals surface area contributed by atoms with E-state index in [-0.39, 0.29) is 17.2 Å². The number of aromatic nitrogens is 2. The lowest BCUT2D eigenvalue weighted by Crippen LogP contribution is -2.23. The summed E-state index contributed by atoms with van der Waals surface area (Å²) in [6.07, 6.45) is 0. The Hall–Kier alpha value is -2.41. The van der Waals surface area contributed by atoms with Crippen molar-refractivity contribution in [2.24, 2.45) is 0 Å². The fourth-order valence-corrected chi connectivity index (χ4v) is 2.72. The molecule has 0 saturated carbocycles. The third-order valence-corrected chi connectivity index (χ3v) is 4.05. The van der Waals surface area contributed by atoms with E-state index in [1.54, 1.807) is 38.1 Å². The van der Waals surface area contributed by atoms with Crippen molar-refractivity contribution in [3.8, 4) is 0 Å². The van der Waals surface area contributed by atoms with Gasteiger partial charge in [-0.3, -0.25) is 14.4 Å². The normalized spacial score (nSPS) is 11.8. The molecule has 6 nitrogen and oxygen atoms in total. The van der Waals surface area contributed by atoms with Gasteiger partial charge in [0.2, 0.25) is 5.91 Å². The van der Waals surface area contributed by atoms with E-state index < -0.39 is 5.25 Å². The predicted octanol–water partition coefficient (Wildman–Crippen LogP) is 2.40. The maximum absolute atomic E-state index is 12.2. The number of aryl methyl sites for hydroxylation is 1. The van der Waals surface area contributed by atoms with Crippen molar-refractivity contribution in [3.05, 3.63) is 51.9 Å². The lowest BCUT2D eigenvalue weighted by molar-refractivity contribution is -0.115. The Morgan fingerprint density at radius 3 is 2.48 bits per heavy atom. The molecule has 0 spiro atoms. The molecule has 7 heteroatoms. The minimum absolute atomic E-state index is 0.0266. The summed E-state index contributed by atoms with van der Waals surface area (Å²) in [6.45, 7) is 4.94. The highest BCUT2D eigenvalue weighted by atomic mass is 32.2. The van der Waals surface area contributed by atoms with Crippen LogP contribution in [0.25, 0.3) is 0 Å². The van der Waals surface area contributed by atoms with Crippen LogP contribution in [0.2, 0.25) is 0 Å². The van der Waals surface area contributed by atoms with Gasteiger partial charge in [-0.25, -0.2) is 4.98 Å². The summed E-state index contributed by atoms with van der Waals surface area (Å²) in [4.78, 5) is 41.6. The number of benzene rings is 1. The van der Waals surface area contributed by atoms with E-state index in [1.807, 2.05) is 0 Å². The van der Waals surface area contributed by atoms with Crippen LogP contribution < -0.4 is 10.9 Å². The number of thioether (sulfide) groups is 1. The molecule has 0 radical (unpaired) electrons. The first-order valence-electron chi connectivity index (χ1n) is 7.01. The molecule has 0 aliphatic heterocycles. The maximum atomic E-state index is 12.2. The molecule has 1 atom stereocenters. The Bertz CT molecular complexity index is 784. The number of carbonyl (C=O) groups is 2. The average Bonchev–Trinajstić information content (AvgIpc) is 2.46. The molecule has 2 aromatic rings. The van der Waals surface area contributed by atoms with E-state index in [9.17, 15) is 14.4 Å². The third kappa shape index (κ3) is 4.79. The molecule has 0 saturated heterocycles. The second-order valence-electron chi connectivity index (χ2n) is 5.07. The van der Waals surface area contributed by atoms with Gasteiger partial charge in [-0.05, 0) is 45.0 Å². The van der Waals surface area contributed by atoms with E-state index >= 15 is 0 Å². The highest BCUT2D eigenvalue weighted by Gasteiger charge is 2.16. The summed E-state index contributed by atoms with van der Waals surface area (Å²) in [5, 5.41) is 2.74. The van der Waals surface area contributed by atoms with Crippen molar-refractivity contribution in [1.82, 2.24) is 9.97 Å². The summed E-state index contributed by atoms with van der Waals surface area (Å²) < 4.78 is 0. The maximum Gasteiger partial charge on any atom is 0.251 e. The van der Waals surface area contributed by atoms with E-state index in [0.717, 1.165) is 0 Å². The third-order valence-electron chi connectivity index (χ3n) is 3.06. The second-order valence-corrected chi connectivity index (χ2v) is 6.40. The highest BCUT2D eigenvalue weighted by molar-refractivity contribution is 8.00. The number of H-pyrrole nitrogens is 1. The smallest absolute Gasteiger partial charge is 0.251 e. The predicted molar refractivity (Wildman–Crippen MR) is 90.0 cm³/mol. The molecule has 2 rings (SSSR count). The first-order chi connectivity index (χ1) is 10.8. The largest absolute Gasteiger partial charge is 0.325 e. The Labute approximate surface area is 137 Å². The molecule has 1 aromatic heterocycles. The summed E-state index contributed by atoms with van der Waals surface area (Å²) >= 11 is 1.17. The molecule has 0 bridgehead atoms. The number of nitrogens with one attached hydrogen (secondary N) is 2. The number of ketones is 1. The first kappa shape index (κ1) is 17.0. The Balaban J connectivity index is 2.02. The molecule has 23 heavy (non-hydrogen) atoms. The molecule has 1 amide bonds. The van der Waals surface area contributed by atoms with Gasteiger partial charge in [-0.1, -0.05) is 11.8 Å². The molecular weight excluding hydrogens is 314 g/mol. The van der Waals surface area contributed by atoms with E-state index in [4.69, 9.17) is 0 Å². The van der Waals surface area contributed by atoms with Crippen LogP contribution >= 0.6 is 11.8 Å². The Kier molecular flexibility index (Phi) is 5.33. The monoisotopic (exact) mass is 331 g/mol. The number of Topliss-reactive ketones (excluding diaryl/α,β-unsaturated/α-hetero) is 1. The van der Waals surface area contributed by atoms with Crippen molar-refractivity contribution >= 4 is 29.1 Å². The van der Waals surface area contributed by atoms with Crippen molar-refractivity contribution in [1.29, 1.82) is 0 Å². The van der Waals surface area contributed by atoms with E-state index in [1.165, 1.54) is 24.8 Å². The quantitative estimate of drug-likeness (QED) is 0.499. The molecule has 0 unspecified atom stereocenters. The fourth-order valence-electron chi connectivity index (χ4n) is 1.86. The Morgan fingerprint density at radius 1 is 1.26 bits per heavy atom. The van der Waals surface area contributed by atoms with Crippen molar-refractivity contribution in [2.45, 2.75) is 31.2 Å².